The van der Waals surface area contributed by atoms with Crippen molar-refractivity contribution in [2.45, 2.75) is 25.3 Å². The second kappa shape index (κ2) is 9.59. The van der Waals surface area contributed by atoms with E-state index in [9.17, 15) is 4.79 Å². The number of hydrogen-bond donors (Lipinski definition) is 2. The molecule has 1 fully saturated rings. The number of piperidine rings is 1. The van der Waals surface area contributed by atoms with Gasteiger partial charge in [-0.1, -0.05) is 0 Å². The second-order valence-corrected chi connectivity index (χ2v) is 7.75. The molecule has 1 aliphatic rings. The van der Waals surface area contributed by atoms with E-state index in [0.717, 1.165) is 24.5 Å². The third kappa shape index (κ3) is 4.71. The minimum absolute atomic E-state index is 0.0445. The average Bonchev–Trinajstić information content (AvgIpc) is 3.35. The van der Waals surface area contributed by atoms with Crippen molar-refractivity contribution in [1.29, 1.82) is 0 Å². The van der Waals surface area contributed by atoms with Crippen molar-refractivity contribution in [3.05, 3.63) is 78.1 Å². The first-order valence-corrected chi connectivity index (χ1v) is 10.6. The Balaban J connectivity index is 1.45. The van der Waals surface area contributed by atoms with Crippen LogP contribution in [0.15, 0.2) is 67.0 Å². The first-order chi connectivity index (χ1) is 14.7. The third-order valence-electron chi connectivity index (χ3n) is 5.87. The minimum Gasteiger partial charge on any atom is -0.497 e. The molecule has 0 bridgehead atoms. The number of aromatic nitrogens is 2. The molecule has 2 heterocycles. The summed E-state index contributed by atoms with van der Waals surface area (Å²) in [7, 11) is 1.68. The van der Waals surface area contributed by atoms with Crippen LogP contribution >= 0.6 is 0 Å². The highest BCUT2D eigenvalue weighted by molar-refractivity contribution is 5.94. The fourth-order valence-corrected chi connectivity index (χ4v) is 4.17. The van der Waals surface area contributed by atoms with Crippen molar-refractivity contribution < 1.29 is 14.4 Å². The average molecular weight is 406 g/mol. The lowest BCUT2D eigenvalue weighted by atomic mass is 10.0. The SMILES string of the molecule is COc1ccc([C@H](CNC(=O)c2ccc(-n3cccn3)cc2)[NH+]2CCCCC2)cc1. The number of nitrogens with one attached hydrogen (secondary N) is 2. The second-order valence-electron chi connectivity index (χ2n) is 7.75. The van der Waals surface area contributed by atoms with Gasteiger partial charge in [0.15, 0.2) is 0 Å². The number of carbonyl (C=O) groups is 1. The lowest BCUT2D eigenvalue weighted by molar-refractivity contribution is -0.935. The van der Waals surface area contributed by atoms with E-state index in [1.807, 2.05) is 48.7 Å². The van der Waals surface area contributed by atoms with E-state index in [2.05, 4.69) is 22.5 Å². The van der Waals surface area contributed by atoms with Crippen molar-refractivity contribution in [2.75, 3.05) is 26.7 Å². The molecule has 1 atom stereocenters. The Hall–Kier alpha value is -3.12. The summed E-state index contributed by atoms with van der Waals surface area (Å²) in [6.07, 6.45) is 7.40. The minimum atomic E-state index is -0.0445. The van der Waals surface area contributed by atoms with Gasteiger partial charge in [0.2, 0.25) is 0 Å². The molecule has 2 N–H and O–H groups in total. The molecule has 3 aromatic rings. The molecule has 1 amide bonds. The van der Waals surface area contributed by atoms with Crippen LogP contribution in [0.1, 0.15) is 41.2 Å². The van der Waals surface area contributed by atoms with Crippen LogP contribution in [-0.4, -0.2) is 42.4 Å². The van der Waals surface area contributed by atoms with Gasteiger partial charge in [-0.15, -0.1) is 0 Å². The Kier molecular flexibility index (Phi) is 6.44. The van der Waals surface area contributed by atoms with E-state index in [0.29, 0.717) is 12.1 Å². The summed E-state index contributed by atoms with van der Waals surface area (Å²) in [5.74, 6) is 0.810. The van der Waals surface area contributed by atoms with Crippen molar-refractivity contribution in [3.63, 3.8) is 0 Å². The molecule has 30 heavy (non-hydrogen) atoms. The highest BCUT2D eigenvalue weighted by Crippen LogP contribution is 2.17. The fraction of sp³-hybridized carbons (Fsp3) is 0.333. The van der Waals surface area contributed by atoms with Gasteiger partial charge >= 0.3 is 0 Å². The van der Waals surface area contributed by atoms with Gasteiger partial charge in [-0.2, -0.15) is 5.10 Å². The zero-order valence-electron chi connectivity index (χ0n) is 17.4. The van der Waals surface area contributed by atoms with E-state index in [4.69, 9.17) is 4.74 Å². The molecule has 0 spiro atoms. The topological polar surface area (TPSA) is 60.6 Å². The molecule has 1 aliphatic heterocycles. The predicted molar refractivity (Wildman–Crippen MR) is 116 cm³/mol. The van der Waals surface area contributed by atoms with Gasteiger partial charge in [-0.05, 0) is 73.9 Å². The lowest BCUT2D eigenvalue weighted by Gasteiger charge is -2.32. The summed E-state index contributed by atoms with van der Waals surface area (Å²) in [5.41, 5.74) is 2.83. The Labute approximate surface area is 177 Å². The van der Waals surface area contributed by atoms with Crippen LogP contribution < -0.4 is 15.0 Å². The number of amides is 1. The number of carbonyl (C=O) groups excluding carboxylic acids is 1. The highest BCUT2D eigenvalue weighted by atomic mass is 16.5. The highest BCUT2D eigenvalue weighted by Gasteiger charge is 2.26. The van der Waals surface area contributed by atoms with Crippen molar-refractivity contribution in [3.8, 4) is 11.4 Å². The standard InChI is InChI=1S/C24H28N4O2/c1-30-22-12-8-19(9-13-22)23(27-15-3-2-4-16-27)18-25-24(29)20-6-10-21(11-7-20)28-17-5-14-26-28/h5-14,17,23H,2-4,15-16,18H2,1H3,(H,25,29)/p+1/t23-/m0/s1. The summed E-state index contributed by atoms with van der Waals surface area (Å²) in [6, 6.07) is 17.9. The molecule has 0 unspecified atom stereocenters. The largest absolute Gasteiger partial charge is 0.497 e. The maximum absolute atomic E-state index is 12.8. The Morgan fingerprint density at radius 1 is 1.10 bits per heavy atom. The summed E-state index contributed by atoms with van der Waals surface area (Å²) >= 11 is 0. The zero-order chi connectivity index (χ0) is 20.8. The van der Waals surface area contributed by atoms with E-state index < -0.39 is 0 Å². The maximum atomic E-state index is 12.8. The van der Waals surface area contributed by atoms with Crippen LogP contribution in [-0.2, 0) is 0 Å². The molecule has 1 aromatic heterocycles. The number of rotatable bonds is 7. The number of methoxy groups -OCH3 is 1. The van der Waals surface area contributed by atoms with Crippen LogP contribution in [0.4, 0.5) is 0 Å². The van der Waals surface area contributed by atoms with Gasteiger partial charge in [0.25, 0.3) is 5.91 Å². The van der Waals surface area contributed by atoms with Crippen molar-refractivity contribution in [2.24, 2.45) is 0 Å². The molecule has 0 aliphatic carbocycles. The number of benzene rings is 2. The molecule has 156 valence electrons. The first kappa shape index (κ1) is 20.2. The number of likely N-dealkylation sites (tertiary alicyclic amines) is 1. The van der Waals surface area contributed by atoms with Gasteiger partial charge in [0, 0.05) is 23.5 Å². The van der Waals surface area contributed by atoms with E-state index in [-0.39, 0.29) is 11.9 Å². The van der Waals surface area contributed by atoms with Crippen LogP contribution in [0.2, 0.25) is 0 Å². The maximum Gasteiger partial charge on any atom is 0.251 e. The summed E-state index contributed by atoms with van der Waals surface area (Å²) < 4.78 is 7.08. The number of quaternary nitrogens is 1. The van der Waals surface area contributed by atoms with Crippen LogP contribution in [0.25, 0.3) is 5.69 Å². The molecule has 2 aromatic carbocycles. The van der Waals surface area contributed by atoms with Gasteiger partial charge < -0.3 is 15.0 Å². The summed E-state index contributed by atoms with van der Waals surface area (Å²) in [4.78, 5) is 14.3. The number of nitrogens with zero attached hydrogens (tertiary/aromatic N) is 2. The Morgan fingerprint density at radius 2 is 1.83 bits per heavy atom. The quantitative estimate of drug-likeness (QED) is 0.635. The Bertz CT molecular complexity index is 930. The molecule has 0 saturated carbocycles. The van der Waals surface area contributed by atoms with Crippen LogP contribution in [0.3, 0.4) is 0 Å². The van der Waals surface area contributed by atoms with E-state index in [1.54, 1.807) is 22.9 Å². The van der Waals surface area contributed by atoms with Gasteiger partial charge in [0.1, 0.15) is 11.8 Å². The van der Waals surface area contributed by atoms with Gasteiger partial charge in [-0.25, -0.2) is 4.68 Å². The van der Waals surface area contributed by atoms with Gasteiger partial charge in [-0.3, -0.25) is 4.79 Å². The van der Waals surface area contributed by atoms with Crippen LogP contribution in [0, 0.1) is 0 Å². The van der Waals surface area contributed by atoms with Crippen molar-refractivity contribution >= 4 is 5.91 Å². The summed E-state index contributed by atoms with van der Waals surface area (Å²) in [5, 5.41) is 7.39. The normalized spacial score (nSPS) is 15.5. The van der Waals surface area contributed by atoms with Gasteiger partial charge in [0.05, 0.1) is 32.4 Å². The molecular weight excluding hydrogens is 376 g/mol. The molecular formula is C24H29N4O2+. The van der Waals surface area contributed by atoms with Crippen molar-refractivity contribution in [1.82, 2.24) is 15.1 Å². The van der Waals surface area contributed by atoms with Crippen LogP contribution in [0.5, 0.6) is 5.75 Å². The molecule has 1 saturated heterocycles. The molecule has 6 heteroatoms. The molecule has 4 rings (SSSR count). The third-order valence-corrected chi connectivity index (χ3v) is 5.87. The Morgan fingerprint density at radius 3 is 2.47 bits per heavy atom. The smallest absolute Gasteiger partial charge is 0.251 e. The molecule has 6 nitrogen and oxygen atoms in total. The van der Waals surface area contributed by atoms with E-state index in [1.165, 1.54) is 24.8 Å². The first-order valence-electron chi connectivity index (χ1n) is 10.6. The van der Waals surface area contributed by atoms with E-state index >= 15 is 0 Å². The monoisotopic (exact) mass is 405 g/mol. The predicted octanol–water partition coefficient (Wildman–Crippen LogP) is 2.42. The lowest BCUT2D eigenvalue weighted by Crippen LogP contribution is -3.13. The number of hydrogen-bond acceptors (Lipinski definition) is 3. The molecule has 0 radical (unpaired) electrons. The number of ether oxygens (including phenoxy) is 1. The zero-order valence-corrected chi connectivity index (χ0v) is 17.4. The fourth-order valence-electron chi connectivity index (χ4n) is 4.17. The summed E-state index contributed by atoms with van der Waals surface area (Å²) in [6.45, 7) is 2.90.